The van der Waals surface area contributed by atoms with Gasteiger partial charge in [0.2, 0.25) is 11.6 Å². The van der Waals surface area contributed by atoms with Crippen molar-refractivity contribution < 1.29 is 42.5 Å². The number of halogens is 3. The van der Waals surface area contributed by atoms with Gasteiger partial charge in [-0.25, -0.2) is 4.79 Å². The molecular formula is C22H13F3O6. The Balaban J connectivity index is 1.97. The van der Waals surface area contributed by atoms with E-state index in [4.69, 9.17) is 4.74 Å². The molecule has 0 saturated heterocycles. The molecule has 0 saturated carbocycles. The number of hydrogen-bond acceptors (Lipinski definition) is 6. The van der Waals surface area contributed by atoms with Gasteiger partial charge in [0.25, 0.3) is 0 Å². The average Bonchev–Trinajstić information content (AvgIpc) is 3.07. The number of ketones is 2. The van der Waals surface area contributed by atoms with E-state index in [1.54, 1.807) is 0 Å². The van der Waals surface area contributed by atoms with E-state index in [1.165, 1.54) is 24.3 Å². The summed E-state index contributed by atoms with van der Waals surface area (Å²) >= 11 is 0. The third-order valence-electron chi connectivity index (χ3n) is 5.15. The van der Waals surface area contributed by atoms with Gasteiger partial charge in [-0.3, -0.25) is 9.59 Å². The van der Waals surface area contributed by atoms with E-state index in [-0.39, 0.29) is 16.7 Å². The van der Waals surface area contributed by atoms with Crippen molar-refractivity contribution in [1.82, 2.24) is 0 Å². The maximum absolute atomic E-state index is 13.0. The van der Waals surface area contributed by atoms with Crippen LogP contribution >= 0.6 is 0 Å². The van der Waals surface area contributed by atoms with Gasteiger partial charge in [0.05, 0.1) is 22.6 Å². The standard InChI is InChI=1S/C22H13F3O6/c23-22(24,25)11-7-5-10(6-8-11)15(16-14(26)9-31-21(16)30)17-18(27)12-3-1-2-4-13(12)19(28)20(17)29/h1-8,15,26-27H,9H2. The van der Waals surface area contributed by atoms with Gasteiger partial charge in [0, 0.05) is 11.1 Å². The molecule has 31 heavy (non-hydrogen) atoms. The summed E-state index contributed by atoms with van der Waals surface area (Å²) < 4.78 is 43.7. The minimum Gasteiger partial charge on any atom is -0.508 e. The van der Waals surface area contributed by atoms with Crippen molar-refractivity contribution in [3.63, 3.8) is 0 Å². The maximum Gasteiger partial charge on any atom is 0.416 e. The Labute approximate surface area is 172 Å². The number of aliphatic hydroxyl groups excluding tert-OH is 2. The van der Waals surface area contributed by atoms with Crippen LogP contribution in [0.25, 0.3) is 5.76 Å². The number of cyclic esters (lactones) is 1. The van der Waals surface area contributed by atoms with Crippen LogP contribution in [0.5, 0.6) is 0 Å². The quantitative estimate of drug-likeness (QED) is 0.566. The molecule has 0 radical (unpaired) electrons. The Morgan fingerprint density at radius 3 is 2.00 bits per heavy atom. The highest BCUT2D eigenvalue weighted by Gasteiger charge is 2.44. The van der Waals surface area contributed by atoms with Gasteiger partial charge in [-0.1, -0.05) is 36.4 Å². The minimum absolute atomic E-state index is 0.0181. The van der Waals surface area contributed by atoms with Crippen molar-refractivity contribution in [3.8, 4) is 0 Å². The van der Waals surface area contributed by atoms with Crippen molar-refractivity contribution >= 4 is 23.3 Å². The van der Waals surface area contributed by atoms with Gasteiger partial charge in [0.15, 0.2) is 0 Å². The zero-order valence-corrected chi connectivity index (χ0v) is 15.6. The van der Waals surface area contributed by atoms with Crippen molar-refractivity contribution in [1.29, 1.82) is 0 Å². The highest BCUT2D eigenvalue weighted by atomic mass is 19.4. The second-order valence-electron chi connectivity index (χ2n) is 6.96. The van der Waals surface area contributed by atoms with Gasteiger partial charge in [-0.15, -0.1) is 0 Å². The summed E-state index contributed by atoms with van der Waals surface area (Å²) in [6.45, 7) is -0.502. The topological polar surface area (TPSA) is 101 Å². The van der Waals surface area contributed by atoms with E-state index in [2.05, 4.69) is 0 Å². The largest absolute Gasteiger partial charge is 0.508 e. The van der Waals surface area contributed by atoms with Crippen molar-refractivity contribution in [2.75, 3.05) is 6.61 Å². The highest BCUT2D eigenvalue weighted by Crippen LogP contribution is 2.43. The molecule has 0 bridgehead atoms. The summed E-state index contributed by atoms with van der Waals surface area (Å²) in [5, 5.41) is 21.0. The highest BCUT2D eigenvalue weighted by molar-refractivity contribution is 6.52. The summed E-state index contributed by atoms with van der Waals surface area (Å²) in [5.74, 6) is -5.77. The molecule has 1 aliphatic heterocycles. The van der Waals surface area contributed by atoms with Crippen LogP contribution in [0.2, 0.25) is 0 Å². The SMILES string of the molecule is O=C1OCC(O)=C1C(C1=C(O)c2ccccc2C(=O)C1=O)c1ccc(C(F)(F)F)cc1. The first-order chi connectivity index (χ1) is 14.6. The van der Waals surface area contributed by atoms with E-state index in [0.29, 0.717) is 0 Å². The molecule has 6 nitrogen and oxygen atoms in total. The van der Waals surface area contributed by atoms with E-state index >= 15 is 0 Å². The lowest BCUT2D eigenvalue weighted by molar-refractivity contribution is -0.138. The van der Waals surface area contributed by atoms with Gasteiger partial charge in [-0.2, -0.15) is 13.2 Å². The van der Waals surface area contributed by atoms with Crippen LogP contribution in [0.3, 0.4) is 0 Å². The Morgan fingerprint density at radius 2 is 1.45 bits per heavy atom. The molecule has 0 fully saturated rings. The lowest BCUT2D eigenvalue weighted by atomic mass is 9.76. The van der Waals surface area contributed by atoms with E-state index in [0.717, 1.165) is 24.3 Å². The first-order valence-electron chi connectivity index (χ1n) is 8.99. The van der Waals surface area contributed by atoms with Crippen LogP contribution in [0.4, 0.5) is 13.2 Å². The number of allylic oxidation sites excluding steroid dienone is 1. The Hall–Kier alpha value is -3.88. The molecule has 1 unspecified atom stereocenters. The summed E-state index contributed by atoms with van der Waals surface area (Å²) in [5.41, 5.74) is -1.96. The van der Waals surface area contributed by atoms with Crippen LogP contribution < -0.4 is 0 Å². The van der Waals surface area contributed by atoms with E-state index in [9.17, 15) is 37.8 Å². The molecule has 158 valence electrons. The zero-order valence-electron chi connectivity index (χ0n) is 15.6. The molecule has 0 amide bonds. The fourth-order valence-electron chi connectivity index (χ4n) is 3.69. The lowest BCUT2D eigenvalue weighted by Crippen LogP contribution is -2.29. The number of fused-ring (bicyclic) bond motifs is 1. The number of benzene rings is 2. The van der Waals surface area contributed by atoms with E-state index in [1.807, 2.05) is 0 Å². The molecule has 2 N–H and O–H groups in total. The summed E-state index contributed by atoms with van der Waals surface area (Å²) in [7, 11) is 0. The third kappa shape index (κ3) is 3.27. The number of aliphatic hydroxyl groups is 2. The molecule has 2 aliphatic rings. The molecule has 2 aromatic carbocycles. The normalized spacial score (nSPS) is 17.7. The van der Waals surface area contributed by atoms with Crippen LogP contribution in [0.15, 0.2) is 65.4 Å². The molecule has 4 rings (SSSR count). The molecule has 1 atom stereocenters. The fourth-order valence-corrected chi connectivity index (χ4v) is 3.69. The number of Topliss-reactive ketones (excluding diaryl/α,β-unsaturated/α-hetero) is 2. The predicted molar refractivity (Wildman–Crippen MR) is 100 cm³/mol. The predicted octanol–water partition coefficient (Wildman–Crippen LogP) is 3.89. The Kier molecular flexibility index (Phi) is 4.68. The number of carbonyl (C=O) groups is 3. The molecule has 0 spiro atoms. The first-order valence-corrected chi connectivity index (χ1v) is 8.99. The van der Waals surface area contributed by atoms with E-state index < -0.39 is 64.5 Å². The average molecular weight is 430 g/mol. The fraction of sp³-hybridized carbons (Fsp3) is 0.136. The number of hydrogen-bond donors (Lipinski definition) is 2. The number of ether oxygens (including phenoxy) is 1. The number of rotatable bonds is 3. The molecular weight excluding hydrogens is 417 g/mol. The van der Waals surface area contributed by atoms with Crippen LogP contribution in [0.1, 0.15) is 33.0 Å². The van der Waals surface area contributed by atoms with Crippen molar-refractivity contribution in [2.45, 2.75) is 12.1 Å². The minimum atomic E-state index is -4.63. The first kappa shape index (κ1) is 20.4. The number of carbonyl (C=O) groups excluding carboxylic acids is 3. The van der Waals surface area contributed by atoms with Gasteiger partial charge in [0.1, 0.15) is 18.1 Å². The molecule has 0 aromatic heterocycles. The Bertz CT molecular complexity index is 1190. The second-order valence-corrected chi connectivity index (χ2v) is 6.96. The van der Waals surface area contributed by atoms with Crippen molar-refractivity contribution in [2.24, 2.45) is 0 Å². The molecule has 2 aromatic rings. The third-order valence-corrected chi connectivity index (χ3v) is 5.15. The smallest absolute Gasteiger partial charge is 0.416 e. The van der Waals surface area contributed by atoms with Gasteiger partial charge < -0.3 is 14.9 Å². The van der Waals surface area contributed by atoms with Crippen LogP contribution in [-0.2, 0) is 20.5 Å². The van der Waals surface area contributed by atoms with Gasteiger partial charge in [-0.05, 0) is 17.7 Å². The zero-order chi connectivity index (χ0) is 22.5. The lowest BCUT2D eigenvalue weighted by Gasteiger charge is -2.25. The monoisotopic (exact) mass is 430 g/mol. The maximum atomic E-state index is 13.0. The van der Waals surface area contributed by atoms with Gasteiger partial charge >= 0.3 is 12.1 Å². The molecule has 9 heteroatoms. The summed E-state index contributed by atoms with van der Waals surface area (Å²) in [6.07, 6.45) is -4.63. The summed E-state index contributed by atoms with van der Waals surface area (Å²) in [6, 6.07) is 9.25. The van der Waals surface area contributed by atoms with Crippen molar-refractivity contribution in [3.05, 3.63) is 87.7 Å². The number of esters is 1. The number of alkyl halides is 3. The second kappa shape index (κ2) is 7.12. The van der Waals surface area contributed by atoms with Crippen LogP contribution in [0, 0.1) is 0 Å². The summed E-state index contributed by atoms with van der Waals surface area (Å²) in [4.78, 5) is 37.8. The molecule has 1 heterocycles. The van der Waals surface area contributed by atoms with Crippen LogP contribution in [-0.4, -0.2) is 34.4 Å². The molecule has 1 aliphatic carbocycles. The Morgan fingerprint density at radius 1 is 0.839 bits per heavy atom.